The maximum absolute atomic E-state index is 12.1. The summed E-state index contributed by atoms with van der Waals surface area (Å²) >= 11 is 0. The minimum atomic E-state index is -0.530. The molecule has 0 aliphatic rings. The van der Waals surface area contributed by atoms with Crippen molar-refractivity contribution in [2.24, 2.45) is 0 Å². The van der Waals surface area contributed by atoms with E-state index in [9.17, 15) is 14.4 Å². The van der Waals surface area contributed by atoms with Crippen LogP contribution in [0.3, 0.4) is 0 Å². The zero-order valence-corrected chi connectivity index (χ0v) is 16.2. The monoisotopic (exact) mass is 384 g/mol. The van der Waals surface area contributed by atoms with Gasteiger partial charge in [0, 0.05) is 20.0 Å². The number of para-hydroxylation sites is 1. The second kappa shape index (κ2) is 10.1. The van der Waals surface area contributed by atoms with Crippen molar-refractivity contribution in [3.63, 3.8) is 0 Å². The summed E-state index contributed by atoms with van der Waals surface area (Å²) in [5.74, 6) is -0.470. The Balaban J connectivity index is 1.92. The van der Waals surface area contributed by atoms with E-state index in [0.717, 1.165) is 5.56 Å². The molecule has 0 unspecified atom stereocenters. The molecule has 2 aromatic rings. The van der Waals surface area contributed by atoms with Gasteiger partial charge in [-0.2, -0.15) is 0 Å². The van der Waals surface area contributed by atoms with E-state index in [4.69, 9.17) is 9.47 Å². The average molecular weight is 384 g/mol. The summed E-state index contributed by atoms with van der Waals surface area (Å²) in [4.78, 5) is 37.4. The van der Waals surface area contributed by atoms with Crippen molar-refractivity contribution in [2.45, 2.75) is 13.8 Å². The van der Waals surface area contributed by atoms with Crippen molar-refractivity contribution >= 4 is 23.5 Å². The topological polar surface area (TPSA) is 84.9 Å². The number of rotatable bonds is 8. The third-order valence-electron chi connectivity index (χ3n) is 4.03. The Kier molecular flexibility index (Phi) is 7.56. The Hall–Kier alpha value is -3.35. The maximum Gasteiger partial charge on any atom is 0.339 e. The third kappa shape index (κ3) is 5.84. The standard InChI is InChI=1S/C21H24N2O5/c1-15-8-10-17(11-9-15)28-14-20(25)22-12-13-23(16(2)24)19-7-5-4-6-18(19)21(26)27-3/h4-11H,12-14H2,1-3H3,(H,22,25). The fraction of sp³-hybridized carbons (Fsp3) is 0.286. The number of hydrogen-bond donors (Lipinski definition) is 1. The minimum Gasteiger partial charge on any atom is -0.484 e. The van der Waals surface area contributed by atoms with Crippen LogP contribution in [-0.2, 0) is 14.3 Å². The van der Waals surface area contributed by atoms with E-state index in [1.54, 1.807) is 36.4 Å². The van der Waals surface area contributed by atoms with Crippen LogP contribution in [0.2, 0.25) is 0 Å². The Labute approximate surface area is 164 Å². The lowest BCUT2D eigenvalue weighted by atomic mass is 10.1. The van der Waals surface area contributed by atoms with Crippen molar-refractivity contribution in [2.75, 3.05) is 31.7 Å². The molecule has 7 nitrogen and oxygen atoms in total. The molecule has 148 valence electrons. The summed E-state index contributed by atoms with van der Waals surface area (Å²) in [6.07, 6.45) is 0. The summed E-state index contributed by atoms with van der Waals surface area (Å²) in [5, 5.41) is 2.71. The van der Waals surface area contributed by atoms with Crippen LogP contribution >= 0.6 is 0 Å². The quantitative estimate of drug-likeness (QED) is 0.706. The molecule has 0 heterocycles. The number of carbonyl (C=O) groups is 3. The number of hydrogen-bond acceptors (Lipinski definition) is 5. The Morgan fingerprint density at radius 1 is 1.04 bits per heavy atom. The first-order valence-corrected chi connectivity index (χ1v) is 8.84. The van der Waals surface area contributed by atoms with Crippen molar-refractivity contribution in [1.29, 1.82) is 0 Å². The van der Waals surface area contributed by atoms with Crippen LogP contribution in [0.1, 0.15) is 22.8 Å². The highest BCUT2D eigenvalue weighted by Gasteiger charge is 2.19. The first kappa shape index (κ1) is 21.0. The molecular weight excluding hydrogens is 360 g/mol. The molecule has 0 saturated carbocycles. The molecule has 1 N–H and O–H groups in total. The van der Waals surface area contributed by atoms with Crippen LogP contribution in [-0.4, -0.2) is 44.6 Å². The lowest BCUT2D eigenvalue weighted by Crippen LogP contribution is -2.39. The molecule has 0 saturated heterocycles. The molecule has 0 aliphatic heterocycles. The number of esters is 1. The lowest BCUT2D eigenvalue weighted by Gasteiger charge is -2.23. The van der Waals surface area contributed by atoms with Crippen molar-refractivity contribution < 1.29 is 23.9 Å². The van der Waals surface area contributed by atoms with E-state index < -0.39 is 5.97 Å². The van der Waals surface area contributed by atoms with Crippen molar-refractivity contribution in [3.8, 4) is 5.75 Å². The summed E-state index contributed by atoms with van der Waals surface area (Å²) < 4.78 is 10.2. The second-order valence-corrected chi connectivity index (χ2v) is 6.13. The van der Waals surface area contributed by atoms with Gasteiger partial charge in [-0.1, -0.05) is 29.8 Å². The minimum absolute atomic E-state index is 0.123. The molecule has 0 bridgehead atoms. The number of ether oxygens (including phenoxy) is 2. The normalized spacial score (nSPS) is 10.1. The smallest absolute Gasteiger partial charge is 0.339 e. The number of amides is 2. The van der Waals surface area contributed by atoms with E-state index in [-0.39, 0.29) is 37.1 Å². The molecule has 0 aromatic heterocycles. The van der Waals surface area contributed by atoms with E-state index in [2.05, 4.69) is 5.32 Å². The highest BCUT2D eigenvalue weighted by molar-refractivity contribution is 6.01. The van der Waals surface area contributed by atoms with Crippen LogP contribution < -0.4 is 15.0 Å². The van der Waals surface area contributed by atoms with Gasteiger partial charge in [-0.15, -0.1) is 0 Å². The van der Waals surface area contributed by atoms with Gasteiger partial charge in [0.1, 0.15) is 5.75 Å². The van der Waals surface area contributed by atoms with Gasteiger partial charge in [0.25, 0.3) is 5.91 Å². The number of nitrogens with zero attached hydrogens (tertiary/aromatic N) is 1. The molecule has 2 aromatic carbocycles. The van der Waals surface area contributed by atoms with E-state index in [1.165, 1.54) is 18.9 Å². The molecule has 28 heavy (non-hydrogen) atoms. The summed E-state index contributed by atoms with van der Waals surface area (Å²) in [6, 6.07) is 14.1. The number of anilines is 1. The number of methoxy groups -OCH3 is 1. The van der Waals surface area contributed by atoms with E-state index in [0.29, 0.717) is 11.4 Å². The first-order valence-electron chi connectivity index (χ1n) is 8.84. The highest BCUT2D eigenvalue weighted by Crippen LogP contribution is 2.21. The number of aryl methyl sites for hydroxylation is 1. The highest BCUT2D eigenvalue weighted by atomic mass is 16.5. The Morgan fingerprint density at radius 2 is 1.71 bits per heavy atom. The zero-order chi connectivity index (χ0) is 20.5. The SMILES string of the molecule is COC(=O)c1ccccc1N(CCNC(=O)COc1ccc(C)cc1)C(C)=O. The van der Waals surface area contributed by atoms with Gasteiger partial charge in [0.05, 0.1) is 18.4 Å². The fourth-order valence-corrected chi connectivity index (χ4v) is 2.58. The molecule has 0 aliphatic carbocycles. The molecular formula is C21H24N2O5. The first-order chi connectivity index (χ1) is 13.4. The molecule has 0 fully saturated rings. The van der Waals surface area contributed by atoms with Crippen LogP contribution in [0.25, 0.3) is 0 Å². The summed E-state index contributed by atoms with van der Waals surface area (Å²) in [6.45, 7) is 3.67. The molecule has 2 amide bonds. The Morgan fingerprint density at radius 3 is 2.36 bits per heavy atom. The summed E-state index contributed by atoms with van der Waals surface area (Å²) in [7, 11) is 1.28. The van der Waals surface area contributed by atoms with Crippen molar-refractivity contribution in [3.05, 3.63) is 59.7 Å². The number of carbonyl (C=O) groups excluding carboxylic acids is 3. The Bertz CT molecular complexity index is 833. The van der Waals surface area contributed by atoms with Crippen LogP contribution in [0.4, 0.5) is 5.69 Å². The summed E-state index contributed by atoms with van der Waals surface area (Å²) in [5.41, 5.74) is 1.83. The predicted octanol–water partition coefficient (Wildman–Crippen LogP) is 2.33. The molecule has 7 heteroatoms. The van der Waals surface area contributed by atoms with Gasteiger partial charge in [0.2, 0.25) is 5.91 Å². The van der Waals surface area contributed by atoms with Gasteiger partial charge in [-0.25, -0.2) is 4.79 Å². The van der Waals surface area contributed by atoms with Crippen LogP contribution in [0.5, 0.6) is 5.75 Å². The maximum atomic E-state index is 12.1. The van der Waals surface area contributed by atoms with Gasteiger partial charge in [-0.3, -0.25) is 9.59 Å². The molecule has 0 spiro atoms. The predicted molar refractivity (Wildman–Crippen MR) is 105 cm³/mol. The van der Waals surface area contributed by atoms with E-state index >= 15 is 0 Å². The van der Waals surface area contributed by atoms with Gasteiger partial charge in [0.15, 0.2) is 6.61 Å². The lowest BCUT2D eigenvalue weighted by molar-refractivity contribution is -0.123. The number of nitrogens with one attached hydrogen (secondary N) is 1. The van der Waals surface area contributed by atoms with Gasteiger partial charge in [-0.05, 0) is 31.2 Å². The largest absolute Gasteiger partial charge is 0.484 e. The molecule has 2 rings (SSSR count). The van der Waals surface area contributed by atoms with Crippen LogP contribution in [0.15, 0.2) is 48.5 Å². The third-order valence-corrected chi connectivity index (χ3v) is 4.03. The zero-order valence-electron chi connectivity index (χ0n) is 16.2. The average Bonchev–Trinajstić information content (AvgIpc) is 2.70. The molecule has 0 radical (unpaired) electrons. The van der Waals surface area contributed by atoms with E-state index in [1.807, 2.05) is 19.1 Å². The van der Waals surface area contributed by atoms with Gasteiger partial charge >= 0.3 is 5.97 Å². The van der Waals surface area contributed by atoms with Crippen LogP contribution in [0, 0.1) is 6.92 Å². The number of benzene rings is 2. The van der Waals surface area contributed by atoms with Gasteiger partial charge < -0.3 is 19.7 Å². The van der Waals surface area contributed by atoms with Crippen molar-refractivity contribution in [1.82, 2.24) is 5.32 Å². The molecule has 0 atom stereocenters. The second-order valence-electron chi connectivity index (χ2n) is 6.13. The fourth-order valence-electron chi connectivity index (χ4n) is 2.58.